The summed E-state index contributed by atoms with van der Waals surface area (Å²) < 4.78 is 0. The molecule has 0 spiro atoms. The molecule has 1 aliphatic carbocycles. The minimum Gasteiger partial charge on any atom is -0.481 e. The maximum Gasteiger partial charge on any atom is 0.309 e. The quantitative estimate of drug-likeness (QED) is 0.681. The number of aliphatic carboxylic acids is 1. The van der Waals surface area contributed by atoms with Crippen LogP contribution in [0.1, 0.15) is 39.0 Å². The third-order valence-corrected chi connectivity index (χ3v) is 2.91. The zero-order valence-electron chi connectivity index (χ0n) is 8.57. The summed E-state index contributed by atoms with van der Waals surface area (Å²) in [6, 6.07) is 0. The van der Waals surface area contributed by atoms with Gasteiger partial charge < -0.3 is 10.2 Å². The first-order valence-corrected chi connectivity index (χ1v) is 5.23. The van der Waals surface area contributed by atoms with E-state index in [-0.39, 0.29) is 0 Å². The number of carboxylic acid groups (broad SMARTS) is 1. The lowest BCUT2D eigenvalue weighted by Gasteiger charge is -2.29. The number of hydrogen-bond acceptors (Lipinski definition) is 2. The second-order valence-electron chi connectivity index (χ2n) is 3.94. The van der Waals surface area contributed by atoms with Gasteiger partial charge in [0.05, 0.1) is 11.5 Å². The average molecular weight is 198 g/mol. The lowest BCUT2D eigenvalue weighted by molar-refractivity contribution is -0.149. The van der Waals surface area contributed by atoms with E-state index in [0.717, 1.165) is 19.3 Å². The largest absolute Gasteiger partial charge is 0.481 e. The Morgan fingerprint density at radius 2 is 2.29 bits per heavy atom. The van der Waals surface area contributed by atoms with Gasteiger partial charge in [0.25, 0.3) is 0 Å². The number of hydrogen-bond donors (Lipinski definition) is 2. The van der Waals surface area contributed by atoms with Gasteiger partial charge >= 0.3 is 5.97 Å². The highest BCUT2D eigenvalue weighted by atomic mass is 16.4. The first-order chi connectivity index (χ1) is 6.60. The molecule has 3 heteroatoms. The van der Waals surface area contributed by atoms with E-state index in [9.17, 15) is 9.90 Å². The van der Waals surface area contributed by atoms with Crippen molar-refractivity contribution < 1.29 is 15.0 Å². The summed E-state index contributed by atoms with van der Waals surface area (Å²) in [6.45, 7) is 1.80. The maximum atomic E-state index is 11.0. The van der Waals surface area contributed by atoms with Gasteiger partial charge in [-0.05, 0) is 32.1 Å². The van der Waals surface area contributed by atoms with Gasteiger partial charge in [-0.2, -0.15) is 0 Å². The van der Waals surface area contributed by atoms with Crippen molar-refractivity contribution in [1.82, 2.24) is 0 Å². The van der Waals surface area contributed by atoms with Gasteiger partial charge in [0.1, 0.15) is 0 Å². The molecule has 0 saturated heterocycles. The molecule has 2 atom stereocenters. The Morgan fingerprint density at radius 1 is 1.57 bits per heavy atom. The van der Waals surface area contributed by atoms with Crippen molar-refractivity contribution in [2.24, 2.45) is 5.92 Å². The summed E-state index contributed by atoms with van der Waals surface area (Å²) in [5, 5.41) is 19.2. The number of rotatable bonds is 3. The van der Waals surface area contributed by atoms with E-state index >= 15 is 0 Å². The molecule has 2 unspecified atom stereocenters. The molecular formula is C11H18O3. The summed E-state index contributed by atoms with van der Waals surface area (Å²) in [4.78, 5) is 11.0. The molecule has 0 radical (unpaired) electrons. The molecule has 0 aromatic rings. The van der Waals surface area contributed by atoms with E-state index in [1.165, 1.54) is 0 Å². The van der Waals surface area contributed by atoms with Crippen molar-refractivity contribution in [3.8, 4) is 0 Å². The van der Waals surface area contributed by atoms with Gasteiger partial charge in [0, 0.05) is 0 Å². The number of carboxylic acids is 1. The van der Waals surface area contributed by atoms with Crippen molar-refractivity contribution in [1.29, 1.82) is 0 Å². The fourth-order valence-electron chi connectivity index (χ4n) is 2.07. The van der Waals surface area contributed by atoms with Gasteiger partial charge in [-0.1, -0.05) is 19.1 Å². The minimum absolute atomic E-state index is 0.468. The highest BCUT2D eigenvalue weighted by Gasteiger charge is 2.38. The lowest BCUT2D eigenvalue weighted by Crippen LogP contribution is -2.40. The van der Waals surface area contributed by atoms with Crippen LogP contribution in [0.4, 0.5) is 0 Å². The van der Waals surface area contributed by atoms with Gasteiger partial charge in [-0.3, -0.25) is 4.79 Å². The Kier molecular flexibility index (Phi) is 3.69. The first-order valence-electron chi connectivity index (χ1n) is 5.23. The SMILES string of the molecule is CCC(C(=O)O)C1(O)C=CCCCC1. The highest BCUT2D eigenvalue weighted by Crippen LogP contribution is 2.31. The molecule has 0 heterocycles. The highest BCUT2D eigenvalue weighted by molar-refractivity contribution is 5.72. The summed E-state index contributed by atoms with van der Waals surface area (Å²) >= 11 is 0. The smallest absolute Gasteiger partial charge is 0.309 e. The zero-order valence-corrected chi connectivity index (χ0v) is 8.57. The molecular weight excluding hydrogens is 180 g/mol. The van der Waals surface area contributed by atoms with Crippen LogP contribution in [0.3, 0.4) is 0 Å². The standard InChI is InChI=1S/C11H18O3/c1-2-9(10(12)13)11(14)7-5-3-4-6-8-11/h5,7,9,14H,2-4,6,8H2,1H3,(H,12,13). The second-order valence-corrected chi connectivity index (χ2v) is 3.94. The molecule has 3 nitrogen and oxygen atoms in total. The average Bonchev–Trinajstić information content (AvgIpc) is 2.31. The molecule has 80 valence electrons. The lowest BCUT2D eigenvalue weighted by atomic mass is 9.82. The molecule has 0 bridgehead atoms. The Labute approximate surface area is 84.4 Å². The van der Waals surface area contributed by atoms with E-state index in [2.05, 4.69) is 0 Å². The van der Waals surface area contributed by atoms with Gasteiger partial charge in [0.2, 0.25) is 0 Å². The fourth-order valence-corrected chi connectivity index (χ4v) is 2.07. The van der Waals surface area contributed by atoms with Crippen LogP contribution in [-0.2, 0) is 4.79 Å². The molecule has 0 aromatic carbocycles. The number of allylic oxidation sites excluding steroid dienone is 1. The van der Waals surface area contributed by atoms with E-state index in [0.29, 0.717) is 12.8 Å². The Morgan fingerprint density at radius 3 is 2.86 bits per heavy atom. The Bertz CT molecular complexity index is 235. The molecule has 14 heavy (non-hydrogen) atoms. The van der Waals surface area contributed by atoms with Crippen LogP contribution < -0.4 is 0 Å². The van der Waals surface area contributed by atoms with Crippen molar-refractivity contribution >= 4 is 5.97 Å². The van der Waals surface area contributed by atoms with Crippen molar-refractivity contribution in [3.05, 3.63) is 12.2 Å². The van der Waals surface area contributed by atoms with Gasteiger partial charge in [-0.25, -0.2) is 0 Å². The van der Waals surface area contributed by atoms with Gasteiger partial charge in [-0.15, -0.1) is 0 Å². The molecule has 0 fully saturated rings. The molecule has 0 amide bonds. The van der Waals surface area contributed by atoms with Crippen LogP contribution in [0, 0.1) is 5.92 Å². The fraction of sp³-hybridized carbons (Fsp3) is 0.727. The molecule has 0 saturated carbocycles. The minimum atomic E-state index is -1.13. The van der Waals surface area contributed by atoms with E-state index in [1.54, 1.807) is 13.0 Å². The van der Waals surface area contributed by atoms with Crippen LogP contribution in [0.15, 0.2) is 12.2 Å². The van der Waals surface area contributed by atoms with Crippen molar-refractivity contribution in [3.63, 3.8) is 0 Å². The topological polar surface area (TPSA) is 57.5 Å². The van der Waals surface area contributed by atoms with E-state index in [1.807, 2.05) is 6.08 Å². The van der Waals surface area contributed by atoms with Crippen LogP contribution in [0.5, 0.6) is 0 Å². The third-order valence-electron chi connectivity index (χ3n) is 2.91. The Balaban J connectivity index is 2.83. The van der Waals surface area contributed by atoms with Crippen LogP contribution >= 0.6 is 0 Å². The summed E-state index contributed by atoms with van der Waals surface area (Å²) in [7, 11) is 0. The molecule has 0 aromatic heterocycles. The molecule has 1 rings (SSSR count). The van der Waals surface area contributed by atoms with Gasteiger partial charge in [0.15, 0.2) is 0 Å². The number of carbonyl (C=O) groups is 1. The maximum absolute atomic E-state index is 11.0. The van der Waals surface area contributed by atoms with E-state index < -0.39 is 17.5 Å². The predicted octanol–water partition coefficient (Wildman–Crippen LogP) is 1.96. The summed E-state index contributed by atoms with van der Waals surface area (Å²) in [5.74, 6) is -1.57. The second kappa shape index (κ2) is 4.60. The normalized spacial score (nSPS) is 29.6. The van der Waals surface area contributed by atoms with E-state index in [4.69, 9.17) is 5.11 Å². The van der Waals surface area contributed by atoms with Crippen molar-refractivity contribution in [2.75, 3.05) is 0 Å². The summed E-state index contributed by atoms with van der Waals surface area (Å²) in [5.41, 5.74) is -1.13. The van der Waals surface area contributed by atoms with Crippen LogP contribution in [0.2, 0.25) is 0 Å². The molecule has 1 aliphatic rings. The molecule has 2 N–H and O–H groups in total. The van der Waals surface area contributed by atoms with Crippen molar-refractivity contribution in [2.45, 2.75) is 44.6 Å². The zero-order chi connectivity index (χ0) is 10.6. The van der Waals surface area contributed by atoms with Crippen LogP contribution in [-0.4, -0.2) is 21.8 Å². The first kappa shape index (κ1) is 11.2. The third kappa shape index (κ3) is 2.35. The molecule has 0 aliphatic heterocycles. The summed E-state index contributed by atoms with van der Waals surface area (Å²) in [6.07, 6.45) is 7.49. The Hall–Kier alpha value is -0.830. The van der Waals surface area contributed by atoms with Crippen LogP contribution in [0.25, 0.3) is 0 Å². The number of aliphatic hydroxyl groups is 1. The monoisotopic (exact) mass is 198 g/mol. The predicted molar refractivity (Wildman–Crippen MR) is 54.0 cm³/mol.